The van der Waals surface area contributed by atoms with Crippen molar-refractivity contribution in [3.63, 3.8) is 0 Å². The van der Waals surface area contributed by atoms with E-state index < -0.39 is 11.8 Å². The first-order valence-electron chi connectivity index (χ1n) is 10.2. The molecule has 2 heterocycles. The number of carbonyl (C=O) groups is 2. The highest BCUT2D eigenvalue weighted by atomic mass is 16.3. The van der Waals surface area contributed by atoms with Crippen LogP contribution < -0.4 is 0 Å². The second-order valence-electron chi connectivity index (χ2n) is 7.89. The molecule has 0 aromatic heterocycles. The van der Waals surface area contributed by atoms with Crippen LogP contribution in [0.4, 0.5) is 0 Å². The Labute approximate surface area is 176 Å². The predicted molar refractivity (Wildman–Crippen MR) is 113 cm³/mol. The van der Waals surface area contributed by atoms with Crippen molar-refractivity contribution in [1.29, 1.82) is 0 Å². The second-order valence-corrected chi connectivity index (χ2v) is 7.89. The summed E-state index contributed by atoms with van der Waals surface area (Å²) in [5.74, 6) is -1.32. The van der Waals surface area contributed by atoms with Crippen molar-refractivity contribution >= 4 is 11.8 Å². The Morgan fingerprint density at radius 2 is 1.00 bits per heavy atom. The van der Waals surface area contributed by atoms with Gasteiger partial charge >= 0.3 is 0 Å². The van der Waals surface area contributed by atoms with E-state index in [0.717, 1.165) is 22.3 Å². The van der Waals surface area contributed by atoms with Crippen LogP contribution in [0.2, 0.25) is 0 Å². The number of amides is 2. The molecule has 0 saturated carbocycles. The topological polar surface area (TPSA) is 81.1 Å². The lowest BCUT2D eigenvalue weighted by atomic mass is 9.98. The van der Waals surface area contributed by atoms with E-state index in [9.17, 15) is 19.8 Å². The van der Waals surface area contributed by atoms with Gasteiger partial charge in [-0.3, -0.25) is 9.59 Å². The average Bonchev–Trinajstić information content (AvgIpc) is 3.36. The van der Waals surface area contributed by atoms with Crippen LogP contribution in [0.5, 0.6) is 0 Å². The van der Waals surface area contributed by atoms with Gasteiger partial charge in [0.2, 0.25) is 11.8 Å². The average molecular weight is 406 g/mol. The Morgan fingerprint density at radius 1 is 0.667 bits per heavy atom. The van der Waals surface area contributed by atoms with Crippen molar-refractivity contribution in [2.24, 2.45) is 0 Å². The fraction of sp³-hybridized carbons (Fsp3) is 0.333. The summed E-state index contributed by atoms with van der Waals surface area (Å²) in [6, 6.07) is 18.6. The molecule has 4 rings (SSSR count). The number of hydrogen-bond donors (Lipinski definition) is 2. The maximum atomic E-state index is 13.0. The minimum atomic E-state index is -0.569. The number of aliphatic hydroxyl groups is 2. The van der Waals surface area contributed by atoms with E-state index in [-0.39, 0.29) is 25.0 Å². The normalized spacial score (nSPS) is 17.8. The molecule has 0 aliphatic carbocycles. The molecule has 0 bridgehead atoms. The number of nitrogens with zero attached hydrogens (tertiary/aromatic N) is 2. The largest absolute Gasteiger partial charge is 0.395 e. The third-order valence-electron chi connectivity index (χ3n) is 6.02. The minimum Gasteiger partial charge on any atom is -0.395 e. The molecule has 0 saturated heterocycles. The van der Waals surface area contributed by atoms with E-state index in [2.05, 4.69) is 0 Å². The number of rotatable bonds is 6. The van der Waals surface area contributed by atoms with Gasteiger partial charge in [-0.05, 0) is 22.3 Å². The van der Waals surface area contributed by atoms with Crippen molar-refractivity contribution in [2.45, 2.75) is 11.8 Å². The maximum Gasteiger partial charge on any atom is 0.233 e. The van der Waals surface area contributed by atoms with Crippen LogP contribution >= 0.6 is 0 Å². The van der Waals surface area contributed by atoms with Gasteiger partial charge in [-0.1, -0.05) is 60.7 Å². The van der Waals surface area contributed by atoms with Crippen molar-refractivity contribution in [2.75, 3.05) is 39.4 Å². The van der Waals surface area contributed by atoms with Crippen molar-refractivity contribution in [3.8, 4) is 0 Å². The van der Waals surface area contributed by atoms with Crippen LogP contribution in [-0.2, 0) is 9.59 Å². The molecule has 0 fully saturated rings. The van der Waals surface area contributed by atoms with Gasteiger partial charge in [-0.25, -0.2) is 0 Å². The summed E-state index contributed by atoms with van der Waals surface area (Å²) < 4.78 is 0. The fourth-order valence-electron chi connectivity index (χ4n) is 4.36. The molecule has 2 atom stereocenters. The molecule has 156 valence electrons. The van der Waals surface area contributed by atoms with Crippen LogP contribution in [0.25, 0.3) is 0 Å². The van der Waals surface area contributed by atoms with Gasteiger partial charge in [0.05, 0.1) is 25.0 Å². The van der Waals surface area contributed by atoms with E-state index in [4.69, 9.17) is 0 Å². The van der Waals surface area contributed by atoms with Crippen molar-refractivity contribution < 1.29 is 19.8 Å². The quantitative estimate of drug-likeness (QED) is 0.713. The summed E-state index contributed by atoms with van der Waals surface area (Å²) in [5.41, 5.74) is 3.79. The molecular weight excluding hydrogens is 380 g/mol. The Kier molecular flexibility index (Phi) is 5.97. The molecule has 30 heavy (non-hydrogen) atoms. The van der Waals surface area contributed by atoms with Gasteiger partial charge in [-0.15, -0.1) is 0 Å². The zero-order valence-corrected chi connectivity index (χ0v) is 16.8. The maximum absolute atomic E-state index is 13.0. The zero-order valence-electron chi connectivity index (χ0n) is 16.8. The van der Waals surface area contributed by atoms with E-state index in [1.807, 2.05) is 60.7 Å². The van der Waals surface area contributed by atoms with Crippen LogP contribution in [-0.4, -0.2) is 71.2 Å². The van der Waals surface area contributed by atoms with Crippen molar-refractivity contribution in [3.05, 3.63) is 82.9 Å². The molecule has 0 radical (unpaired) electrons. The zero-order chi connectivity index (χ0) is 21.1. The van der Waals surface area contributed by atoms with Gasteiger partial charge in [0.25, 0.3) is 0 Å². The number of benzene rings is 2. The highest BCUT2D eigenvalue weighted by molar-refractivity contribution is 5.87. The first kappa shape index (κ1) is 20.3. The molecule has 2 aliphatic heterocycles. The molecule has 6 heteroatoms. The van der Waals surface area contributed by atoms with E-state index in [0.29, 0.717) is 26.2 Å². The van der Waals surface area contributed by atoms with E-state index in [1.165, 1.54) is 0 Å². The minimum absolute atomic E-state index is 0.0894. The molecule has 2 N–H and O–H groups in total. The third-order valence-corrected chi connectivity index (χ3v) is 6.02. The van der Waals surface area contributed by atoms with Crippen LogP contribution in [0.1, 0.15) is 23.0 Å². The second kappa shape index (κ2) is 8.81. The van der Waals surface area contributed by atoms with Gasteiger partial charge in [-0.2, -0.15) is 0 Å². The monoisotopic (exact) mass is 406 g/mol. The van der Waals surface area contributed by atoms with Gasteiger partial charge < -0.3 is 20.0 Å². The lowest BCUT2D eigenvalue weighted by molar-refractivity contribution is -0.133. The molecule has 2 aromatic rings. The summed E-state index contributed by atoms with van der Waals surface area (Å²) in [6.45, 7) is 1.47. The van der Waals surface area contributed by atoms with E-state index in [1.54, 1.807) is 9.80 Å². The summed E-state index contributed by atoms with van der Waals surface area (Å²) in [5, 5.41) is 19.6. The Bertz CT molecular complexity index is 849. The lowest BCUT2D eigenvalue weighted by Gasteiger charge is -2.27. The highest BCUT2D eigenvalue weighted by Gasteiger charge is 2.37. The number of aliphatic hydroxyl groups excluding tert-OH is 2. The first-order valence-corrected chi connectivity index (χ1v) is 10.2. The molecule has 2 aromatic carbocycles. The van der Waals surface area contributed by atoms with Crippen LogP contribution in [0, 0.1) is 0 Å². The SMILES string of the molecule is O=C([C@H](CO)c1ccccc1)N1CC2=C(C1)CN(C(=O)[C@H](CO)c1ccccc1)C2. The van der Waals surface area contributed by atoms with Gasteiger partial charge in [0.1, 0.15) is 0 Å². The van der Waals surface area contributed by atoms with E-state index >= 15 is 0 Å². The van der Waals surface area contributed by atoms with Gasteiger partial charge in [0, 0.05) is 26.2 Å². The Hall–Kier alpha value is -2.96. The summed E-state index contributed by atoms with van der Waals surface area (Å²) in [7, 11) is 0. The van der Waals surface area contributed by atoms with Crippen LogP contribution in [0.15, 0.2) is 71.8 Å². The fourth-order valence-corrected chi connectivity index (χ4v) is 4.36. The smallest absolute Gasteiger partial charge is 0.233 e. The highest BCUT2D eigenvalue weighted by Crippen LogP contribution is 2.30. The Balaban J connectivity index is 1.39. The summed E-state index contributed by atoms with van der Waals surface area (Å²) >= 11 is 0. The molecule has 6 nitrogen and oxygen atoms in total. The molecule has 0 unspecified atom stereocenters. The predicted octanol–water partition coefficient (Wildman–Crippen LogP) is 1.52. The number of hydrogen-bond acceptors (Lipinski definition) is 4. The lowest BCUT2D eigenvalue weighted by Crippen LogP contribution is -2.40. The van der Waals surface area contributed by atoms with Crippen molar-refractivity contribution in [1.82, 2.24) is 9.80 Å². The summed E-state index contributed by atoms with van der Waals surface area (Å²) in [4.78, 5) is 29.5. The first-order chi connectivity index (χ1) is 14.6. The Morgan fingerprint density at radius 3 is 1.30 bits per heavy atom. The third kappa shape index (κ3) is 3.88. The molecule has 2 aliphatic rings. The molecular formula is C24H26N2O4. The molecule has 2 amide bonds. The summed E-state index contributed by atoms with van der Waals surface area (Å²) in [6.07, 6.45) is 0. The van der Waals surface area contributed by atoms with Crippen LogP contribution in [0.3, 0.4) is 0 Å². The number of carbonyl (C=O) groups excluding carboxylic acids is 2. The standard InChI is InChI=1S/C24H26N2O4/c27-15-21(17-7-3-1-4-8-17)23(29)25-11-19-13-26(14-20(19)12-25)24(30)22(16-28)18-9-5-2-6-10-18/h1-10,21-22,27-28H,11-16H2/t21-,22-/m1/s1. The molecule has 0 spiro atoms. The van der Waals surface area contributed by atoms with Gasteiger partial charge in [0.15, 0.2) is 0 Å².